The molecular formula is C4H6O2SSi. The standard InChI is InChI=1S/C4H6O2SSi/c1-3-7-4-2-6-8-5-1/h1-4H,8H2/b3-1-,4-2?. The Morgan fingerprint density at radius 3 is 2.38 bits per heavy atom. The Labute approximate surface area is 54.6 Å². The lowest BCUT2D eigenvalue weighted by Gasteiger charge is -1.99. The number of hydrogen-bond acceptors (Lipinski definition) is 3. The fourth-order valence-corrected chi connectivity index (χ4v) is 1.39. The van der Waals surface area contributed by atoms with Crippen molar-refractivity contribution < 1.29 is 8.85 Å². The van der Waals surface area contributed by atoms with Crippen molar-refractivity contribution in [1.29, 1.82) is 0 Å². The van der Waals surface area contributed by atoms with Gasteiger partial charge in [0.2, 0.25) is 0 Å². The SMILES string of the molecule is C1=CS/C=C\O[SiH2]O1. The van der Waals surface area contributed by atoms with Crippen molar-refractivity contribution in [3.05, 3.63) is 23.3 Å². The van der Waals surface area contributed by atoms with Crippen LogP contribution in [0.5, 0.6) is 0 Å². The molecule has 0 unspecified atom stereocenters. The van der Waals surface area contributed by atoms with Gasteiger partial charge >= 0.3 is 10.0 Å². The summed E-state index contributed by atoms with van der Waals surface area (Å²) in [6.45, 7) is 0. The minimum Gasteiger partial charge on any atom is -0.522 e. The zero-order valence-electron chi connectivity index (χ0n) is 4.24. The Balaban J connectivity index is 2.31. The number of hydrogen-bond donors (Lipinski definition) is 0. The largest absolute Gasteiger partial charge is 0.522 e. The molecule has 4 heteroatoms. The highest BCUT2D eigenvalue weighted by Gasteiger charge is 1.83. The maximum absolute atomic E-state index is 4.94. The summed E-state index contributed by atoms with van der Waals surface area (Å²) in [4.78, 5) is 0. The van der Waals surface area contributed by atoms with Crippen molar-refractivity contribution in [2.75, 3.05) is 0 Å². The average Bonchev–Trinajstić information content (AvgIpc) is 1.62. The van der Waals surface area contributed by atoms with E-state index in [9.17, 15) is 0 Å². The van der Waals surface area contributed by atoms with Crippen LogP contribution in [0.15, 0.2) is 23.3 Å². The van der Waals surface area contributed by atoms with E-state index in [-0.39, 0.29) is 0 Å². The van der Waals surface area contributed by atoms with Gasteiger partial charge in [0.05, 0.1) is 12.5 Å². The Hall–Kier alpha value is -0.353. The Morgan fingerprint density at radius 2 is 1.75 bits per heavy atom. The van der Waals surface area contributed by atoms with E-state index in [4.69, 9.17) is 8.85 Å². The van der Waals surface area contributed by atoms with Crippen molar-refractivity contribution in [3.63, 3.8) is 0 Å². The van der Waals surface area contributed by atoms with Gasteiger partial charge in [-0.3, -0.25) is 0 Å². The summed E-state index contributed by atoms with van der Waals surface area (Å²) < 4.78 is 9.88. The zero-order valence-corrected chi connectivity index (χ0v) is 6.47. The first-order valence-corrected chi connectivity index (χ1v) is 4.28. The molecule has 1 aliphatic heterocycles. The highest BCUT2D eigenvalue weighted by Crippen LogP contribution is 2.05. The second kappa shape index (κ2) is 3.62. The molecule has 0 radical (unpaired) electrons. The van der Waals surface area contributed by atoms with E-state index in [1.165, 1.54) is 0 Å². The molecule has 0 saturated carbocycles. The summed E-state index contributed by atoms with van der Waals surface area (Å²) in [6.07, 6.45) is 3.33. The summed E-state index contributed by atoms with van der Waals surface area (Å²) >= 11 is 1.54. The molecule has 0 bridgehead atoms. The first-order valence-electron chi connectivity index (χ1n) is 2.19. The summed E-state index contributed by atoms with van der Waals surface area (Å²) in [5, 5.41) is 3.76. The normalized spacial score (nSPS) is 25.0. The van der Waals surface area contributed by atoms with E-state index in [2.05, 4.69) is 0 Å². The summed E-state index contributed by atoms with van der Waals surface area (Å²) in [5.41, 5.74) is 0. The van der Waals surface area contributed by atoms with Crippen molar-refractivity contribution in [1.82, 2.24) is 0 Å². The predicted octanol–water partition coefficient (Wildman–Crippen LogP) is 0.708. The fraction of sp³-hybridized carbons (Fsp3) is 0. The Kier molecular flexibility index (Phi) is 2.62. The molecule has 1 rings (SSSR count). The highest BCUT2D eigenvalue weighted by molar-refractivity contribution is 8.04. The van der Waals surface area contributed by atoms with Crippen LogP contribution in [-0.4, -0.2) is 10.0 Å². The van der Waals surface area contributed by atoms with Crippen LogP contribution < -0.4 is 0 Å². The van der Waals surface area contributed by atoms with E-state index in [0.717, 1.165) is 0 Å². The second-order valence-electron chi connectivity index (χ2n) is 1.13. The number of rotatable bonds is 0. The first kappa shape index (κ1) is 5.78. The molecule has 0 atom stereocenters. The van der Waals surface area contributed by atoms with Crippen LogP contribution in [0.4, 0.5) is 0 Å². The second-order valence-corrected chi connectivity index (χ2v) is 2.85. The minimum atomic E-state index is -0.735. The third kappa shape index (κ3) is 2.09. The average molecular weight is 146 g/mol. The molecule has 0 spiro atoms. The lowest BCUT2D eigenvalue weighted by molar-refractivity contribution is 0.376. The van der Waals surface area contributed by atoms with E-state index in [1.807, 2.05) is 10.8 Å². The van der Waals surface area contributed by atoms with Crippen molar-refractivity contribution in [2.45, 2.75) is 0 Å². The minimum absolute atomic E-state index is 0.735. The monoisotopic (exact) mass is 146 g/mol. The van der Waals surface area contributed by atoms with Gasteiger partial charge in [-0.2, -0.15) is 0 Å². The van der Waals surface area contributed by atoms with Gasteiger partial charge < -0.3 is 8.85 Å². The van der Waals surface area contributed by atoms with Crippen LogP contribution in [0.3, 0.4) is 0 Å². The van der Waals surface area contributed by atoms with Crippen molar-refractivity contribution >= 4 is 21.8 Å². The molecule has 0 amide bonds. The van der Waals surface area contributed by atoms with E-state index in [1.54, 1.807) is 24.3 Å². The summed E-state index contributed by atoms with van der Waals surface area (Å²) in [5.74, 6) is 0. The van der Waals surface area contributed by atoms with Crippen LogP contribution in [0.1, 0.15) is 0 Å². The molecule has 0 aliphatic carbocycles. The number of thioether (sulfide) groups is 1. The van der Waals surface area contributed by atoms with Crippen molar-refractivity contribution in [3.8, 4) is 0 Å². The van der Waals surface area contributed by atoms with Crippen LogP contribution >= 0.6 is 11.8 Å². The van der Waals surface area contributed by atoms with Gasteiger partial charge in [-0.25, -0.2) is 0 Å². The van der Waals surface area contributed by atoms with Crippen LogP contribution in [0.25, 0.3) is 0 Å². The molecule has 0 fully saturated rings. The molecule has 1 heterocycles. The topological polar surface area (TPSA) is 18.5 Å². The van der Waals surface area contributed by atoms with Gasteiger partial charge in [0.25, 0.3) is 0 Å². The Bertz CT molecular complexity index is 101. The molecule has 2 nitrogen and oxygen atoms in total. The molecule has 8 heavy (non-hydrogen) atoms. The fourth-order valence-electron chi connectivity index (χ4n) is 0.306. The summed E-state index contributed by atoms with van der Waals surface area (Å²) in [6, 6.07) is 0. The maximum atomic E-state index is 4.94. The van der Waals surface area contributed by atoms with Gasteiger partial charge in [-0.15, -0.1) is 0 Å². The van der Waals surface area contributed by atoms with Crippen LogP contribution in [0.2, 0.25) is 0 Å². The molecule has 0 aromatic carbocycles. The smallest absolute Gasteiger partial charge is 0.426 e. The van der Waals surface area contributed by atoms with Gasteiger partial charge in [0, 0.05) is 10.8 Å². The van der Waals surface area contributed by atoms with Crippen LogP contribution in [-0.2, 0) is 8.85 Å². The molecule has 44 valence electrons. The predicted molar refractivity (Wildman–Crippen MR) is 36.6 cm³/mol. The lowest BCUT2D eigenvalue weighted by atomic mass is 11.1. The van der Waals surface area contributed by atoms with E-state index in [0.29, 0.717) is 0 Å². The van der Waals surface area contributed by atoms with Gasteiger partial charge in [0.15, 0.2) is 0 Å². The molecule has 0 aromatic heterocycles. The van der Waals surface area contributed by atoms with Gasteiger partial charge in [-0.05, 0) is 0 Å². The van der Waals surface area contributed by atoms with Crippen LogP contribution in [0, 0.1) is 0 Å². The first-order chi connectivity index (χ1) is 4.00. The molecule has 0 saturated heterocycles. The zero-order chi connectivity index (χ0) is 5.66. The lowest BCUT2D eigenvalue weighted by Crippen LogP contribution is -1.94. The third-order valence-electron chi connectivity index (χ3n) is 0.597. The molecule has 0 aromatic rings. The third-order valence-corrected chi connectivity index (χ3v) is 1.79. The van der Waals surface area contributed by atoms with Crippen molar-refractivity contribution in [2.24, 2.45) is 0 Å². The molecule has 1 aliphatic rings. The maximum Gasteiger partial charge on any atom is 0.426 e. The Morgan fingerprint density at radius 1 is 1.12 bits per heavy atom. The molecule has 0 N–H and O–H groups in total. The van der Waals surface area contributed by atoms with E-state index >= 15 is 0 Å². The van der Waals surface area contributed by atoms with Gasteiger partial charge in [-0.1, -0.05) is 11.8 Å². The van der Waals surface area contributed by atoms with E-state index < -0.39 is 10.0 Å². The molecular weight excluding hydrogens is 140 g/mol. The summed E-state index contributed by atoms with van der Waals surface area (Å²) in [7, 11) is -0.735. The van der Waals surface area contributed by atoms with Gasteiger partial charge in [0.1, 0.15) is 0 Å². The highest BCUT2D eigenvalue weighted by atomic mass is 32.2. The quantitative estimate of drug-likeness (QED) is 0.469.